The fraction of sp³-hybridized carbons (Fsp3) is 0.529. The van der Waals surface area contributed by atoms with Crippen LogP contribution >= 0.6 is 0 Å². The maximum Gasteiger partial charge on any atom is 0.0231 e. The molecule has 0 saturated carbocycles. The first kappa shape index (κ1) is 13.4. The molecule has 98 valence electrons. The minimum absolute atomic E-state index is 0.230. The van der Waals surface area contributed by atoms with E-state index in [2.05, 4.69) is 52.0 Å². The maximum atomic E-state index is 6.15. The fourth-order valence-corrected chi connectivity index (χ4v) is 3.22. The summed E-state index contributed by atoms with van der Waals surface area (Å²) >= 11 is 0. The Hall–Kier alpha value is -1.08. The SMILES string of the molecule is Cc1cccc(C)c1CC1=CC(N)CC(C)(C)C1. The van der Waals surface area contributed by atoms with Crippen LogP contribution in [0.15, 0.2) is 29.8 Å². The molecule has 1 aliphatic carbocycles. The smallest absolute Gasteiger partial charge is 0.0231 e. The van der Waals surface area contributed by atoms with Crippen LogP contribution in [-0.2, 0) is 6.42 Å². The van der Waals surface area contributed by atoms with Gasteiger partial charge in [0.15, 0.2) is 0 Å². The lowest BCUT2D eigenvalue weighted by Crippen LogP contribution is -2.31. The molecule has 0 aliphatic heterocycles. The topological polar surface area (TPSA) is 26.0 Å². The number of benzene rings is 1. The van der Waals surface area contributed by atoms with E-state index in [0.29, 0.717) is 5.41 Å². The van der Waals surface area contributed by atoms with Gasteiger partial charge < -0.3 is 5.73 Å². The highest BCUT2D eigenvalue weighted by atomic mass is 14.6. The molecule has 0 bridgehead atoms. The number of nitrogens with two attached hydrogens (primary N) is 1. The molecule has 18 heavy (non-hydrogen) atoms. The highest BCUT2D eigenvalue weighted by Crippen LogP contribution is 2.36. The van der Waals surface area contributed by atoms with E-state index in [4.69, 9.17) is 5.73 Å². The Kier molecular flexibility index (Phi) is 3.63. The summed E-state index contributed by atoms with van der Waals surface area (Å²) in [5.74, 6) is 0. The van der Waals surface area contributed by atoms with Gasteiger partial charge in [-0.15, -0.1) is 0 Å². The van der Waals surface area contributed by atoms with E-state index in [1.165, 1.54) is 28.7 Å². The van der Waals surface area contributed by atoms with Gasteiger partial charge in [-0.2, -0.15) is 0 Å². The van der Waals surface area contributed by atoms with Crippen LogP contribution in [0.3, 0.4) is 0 Å². The molecule has 2 N–H and O–H groups in total. The van der Waals surface area contributed by atoms with Crippen LogP contribution in [0.5, 0.6) is 0 Å². The molecule has 1 aromatic rings. The summed E-state index contributed by atoms with van der Waals surface area (Å²) in [6.45, 7) is 9.06. The molecule has 1 aromatic carbocycles. The Morgan fingerprint density at radius 2 is 1.83 bits per heavy atom. The number of aryl methyl sites for hydroxylation is 2. The third-order valence-electron chi connectivity index (χ3n) is 3.99. The summed E-state index contributed by atoms with van der Waals surface area (Å²) in [6.07, 6.45) is 5.63. The van der Waals surface area contributed by atoms with Crippen LogP contribution in [0.2, 0.25) is 0 Å². The van der Waals surface area contributed by atoms with Crippen LogP contribution in [0.25, 0.3) is 0 Å². The molecular weight excluding hydrogens is 218 g/mol. The lowest BCUT2D eigenvalue weighted by molar-refractivity contribution is 0.299. The standard InChI is InChI=1S/C17H25N/c1-12-6-5-7-13(2)16(12)9-14-8-15(18)11-17(3,4)10-14/h5-8,15H,9-11,18H2,1-4H3. The Bertz CT molecular complexity index is 448. The predicted octanol–water partition coefficient (Wildman–Crippen LogP) is 3.92. The van der Waals surface area contributed by atoms with Gasteiger partial charge in [0, 0.05) is 6.04 Å². The average molecular weight is 243 g/mol. The van der Waals surface area contributed by atoms with Crippen LogP contribution in [0.1, 0.15) is 43.4 Å². The molecule has 0 heterocycles. The highest BCUT2D eigenvalue weighted by Gasteiger charge is 2.27. The first-order valence-electron chi connectivity index (χ1n) is 6.88. The molecule has 2 rings (SSSR count). The van der Waals surface area contributed by atoms with Gasteiger partial charge in [-0.3, -0.25) is 0 Å². The second-order valence-electron chi connectivity index (χ2n) is 6.58. The minimum atomic E-state index is 0.230. The summed E-state index contributed by atoms with van der Waals surface area (Å²) in [7, 11) is 0. The van der Waals surface area contributed by atoms with Crippen molar-refractivity contribution in [1.82, 2.24) is 0 Å². The number of rotatable bonds is 2. The zero-order chi connectivity index (χ0) is 13.3. The van der Waals surface area contributed by atoms with Gasteiger partial charge in [0.2, 0.25) is 0 Å². The first-order chi connectivity index (χ1) is 8.37. The molecule has 0 spiro atoms. The Morgan fingerprint density at radius 3 is 2.39 bits per heavy atom. The molecule has 1 atom stereocenters. The molecule has 1 nitrogen and oxygen atoms in total. The van der Waals surface area contributed by atoms with Gasteiger partial charge in [-0.25, -0.2) is 0 Å². The van der Waals surface area contributed by atoms with Crippen molar-refractivity contribution in [1.29, 1.82) is 0 Å². The van der Waals surface area contributed by atoms with Crippen molar-refractivity contribution in [2.24, 2.45) is 11.1 Å². The van der Waals surface area contributed by atoms with Crippen LogP contribution in [0, 0.1) is 19.3 Å². The predicted molar refractivity (Wildman–Crippen MR) is 78.7 cm³/mol. The summed E-state index contributed by atoms with van der Waals surface area (Å²) in [5.41, 5.74) is 12.3. The van der Waals surface area contributed by atoms with Gasteiger partial charge in [0.05, 0.1) is 0 Å². The Balaban J connectivity index is 2.24. The third-order valence-corrected chi connectivity index (χ3v) is 3.99. The minimum Gasteiger partial charge on any atom is -0.324 e. The van der Waals surface area contributed by atoms with Gasteiger partial charge in [-0.05, 0) is 55.2 Å². The Labute approximate surface area is 111 Å². The number of hydrogen-bond donors (Lipinski definition) is 1. The third kappa shape index (κ3) is 3.02. The van der Waals surface area contributed by atoms with Gasteiger partial charge in [0.1, 0.15) is 0 Å². The van der Waals surface area contributed by atoms with E-state index in [0.717, 1.165) is 12.8 Å². The highest BCUT2D eigenvalue weighted by molar-refractivity contribution is 5.37. The molecule has 1 unspecified atom stereocenters. The van der Waals surface area contributed by atoms with Crippen molar-refractivity contribution in [3.05, 3.63) is 46.5 Å². The van der Waals surface area contributed by atoms with E-state index in [1.54, 1.807) is 0 Å². The van der Waals surface area contributed by atoms with Gasteiger partial charge in [-0.1, -0.05) is 43.7 Å². The zero-order valence-electron chi connectivity index (χ0n) is 12.1. The van der Waals surface area contributed by atoms with Crippen molar-refractivity contribution in [2.45, 2.75) is 53.0 Å². The van der Waals surface area contributed by atoms with Crippen molar-refractivity contribution in [3.63, 3.8) is 0 Å². The lowest BCUT2D eigenvalue weighted by atomic mass is 9.74. The van der Waals surface area contributed by atoms with Crippen molar-refractivity contribution < 1.29 is 0 Å². The number of hydrogen-bond acceptors (Lipinski definition) is 1. The Morgan fingerprint density at radius 1 is 1.22 bits per heavy atom. The first-order valence-corrected chi connectivity index (χ1v) is 6.88. The van der Waals surface area contributed by atoms with Crippen LogP contribution < -0.4 is 5.73 Å². The lowest BCUT2D eigenvalue weighted by Gasteiger charge is -2.33. The quantitative estimate of drug-likeness (QED) is 0.783. The van der Waals surface area contributed by atoms with Crippen molar-refractivity contribution >= 4 is 0 Å². The van der Waals surface area contributed by atoms with E-state index < -0.39 is 0 Å². The van der Waals surface area contributed by atoms with E-state index in [-0.39, 0.29) is 6.04 Å². The number of allylic oxidation sites excluding steroid dienone is 1. The average Bonchev–Trinajstić information content (AvgIpc) is 2.21. The van der Waals surface area contributed by atoms with Crippen LogP contribution in [-0.4, -0.2) is 6.04 Å². The molecule has 0 amide bonds. The monoisotopic (exact) mass is 243 g/mol. The van der Waals surface area contributed by atoms with E-state index in [1.807, 2.05) is 0 Å². The molecule has 0 radical (unpaired) electrons. The van der Waals surface area contributed by atoms with Gasteiger partial charge >= 0.3 is 0 Å². The van der Waals surface area contributed by atoms with E-state index in [9.17, 15) is 0 Å². The van der Waals surface area contributed by atoms with Gasteiger partial charge in [0.25, 0.3) is 0 Å². The molecule has 0 saturated heterocycles. The summed E-state index contributed by atoms with van der Waals surface area (Å²) in [5, 5.41) is 0. The van der Waals surface area contributed by atoms with Crippen molar-refractivity contribution in [3.8, 4) is 0 Å². The van der Waals surface area contributed by atoms with Crippen molar-refractivity contribution in [2.75, 3.05) is 0 Å². The summed E-state index contributed by atoms with van der Waals surface area (Å²) < 4.78 is 0. The fourth-order valence-electron chi connectivity index (χ4n) is 3.22. The largest absolute Gasteiger partial charge is 0.324 e. The maximum absolute atomic E-state index is 6.15. The second kappa shape index (κ2) is 4.89. The summed E-state index contributed by atoms with van der Waals surface area (Å²) in [4.78, 5) is 0. The normalized spacial score (nSPS) is 22.7. The molecule has 1 heteroatoms. The molecule has 0 aromatic heterocycles. The molecule has 0 fully saturated rings. The zero-order valence-corrected chi connectivity index (χ0v) is 12.1. The van der Waals surface area contributed by atoms with E-state index >= 15 is 0 Å². The van der Waals surface area contributed by atoms with Crippen LogP contribution in [0.4, 0.5) is 0 Å². The summed E-state index contributed by atoms with van der Waals surface area (Å²) in [6, 6.07) is 6.78. The molecule has 1 aliphatic rings. The molecular formula is C17H25N. The second-order valence-corrected chi connectivity index (χ2v) is 6.58.